The minimum atomic E-state index is -0.0934. The van der Waals surface area contributed by atoms with Crippen LogP contribution in [0.4, 0.5) is 0 Å². The number of fused-ring (bicyclic) bond motifs is 1. The van der Waals surface area contributed by atoms with Crippen molar-refractivity contribution in [2.75, 3.05) is 46.1 Å². The van der Waals surface area contributed by atoms with Gasteiger partial charge in [-0.05, 0) is 28.1 Å². The Morgan fingerprint density at radius 1 is 1.33 bits per heavy atom. The summed E-state index contributed by atoms with van der Waals surface area (Å²) in [5.41, 5.74) is 0.575. The molecular weight excluding hydrogens is 338 g/mol. The Labute approximate surface area is 131 Å². The third-order valence-electron chi connectivity index (χ3n) is 3.61. The molecule has 2 aliphatic rings. The van der Waals surface area contributed by atoms with Gasteiger partial charge < -0.3 is 20.1 Å². The number of hydrogen-bond acceptors (Lipinski definition) is 5. The number of halogens is 1. The van der Waals surface area contributed by atoms with E-state index in [0.717, 1.165) is 37.2 Å². The van der Waals surface area contributed by atoms with Crippen molar-refractivity contribution < 1.29 is 14.3 Å². The van der Waals surface area contributed by atoms with Crippen LogP contribution in [0.3, 0.4) is 0 Å². The van der Waals surface area contributed by atoms with Crippen molar-refractivity contribution >= 4 is 21.8 Å². The lowest BCUT2D eigenvalue weighted by Gasteiger charge is -2.27. The Bertz CT molecular complexity index is 532. The zero-order valence-electron chi connectivity index (χ0n) is 11.7. The van der Waals surface area contributed by atoms with E-state index >= 15 is 0 Å². The number of amides is 1. The summed E-state index contributed by atoms with van der Waals surface area (Å²) in [5.74, 6) is 1.17. The molecule has 2 N–H and O–H groups in total. The summed E-state index contributed by atoms with van der Waals surface area (Å²) >= 11 is 3.40. The van der Waals surface area contributed by atoms with Gasteiger partial charge in [0.15, 0.2) is 11.5 Å². The van der Waals surface area contributed by atoms with E-state index in [2.05, 4.69) is 31.5 Å². The van der Waals surface area contributed by atoms with Gasteiger partial charge in [-0.25, -0.2) is 0 Å². The molecule has 0 unspecified atom stereocenters. The third kappa shape index (κ3) is 3.48. The van der Waals surface area contributed by atoms with Crippen LogP contribution in [0.25, 0.3) is 0 Å². The molecule has 2 aliphatic heterocycles. The molecule has 2 heterocycles. The average molecular weight is 356 g/mol. The van der Waals surface area contributed by atoms with E-state index in [1.165, 1.54) is 0 Å². The number of hydrogen-bond donors (Lipinski definition) is 2. The molecule has 0 radical (unpaired) electrons. The maximum atomic E-state index is 12.2. The van der Waals surface area contributed by atoms with Gasteiger partial charge in [0.1, 0.15) is 0 Å². The number of ether oxygens (including phenoxy) is 2. The fourth-order valence-electron chi connectivity index (χ4n) is 2.46. The summed E-state index contributed by atoms with van der Waals surface area (Å²) in [4.78, 5) is 14.5. The van der Waals surface area contributed by atoms with Gasteiger partial charge in [0.05, 0.1) is 4.47 Å². The van der Waals surface area contributed by atoms with Crippen LogP contribution in [0.15, 0.2) is 16.6 Å². The molecule has 0 bridgehead atoms. The molecule has 114 valence electrons. The minimum absolute atomic E-state index is 0.0934. The van der Waals surface area contributed by atoms with Crippen LogP contribution in [0, 0.1) is 0 Å². The van der Waals surface area contributed by atoms with E-state index in [1.807, 2.05) is 0 Å². The van der Waals surface area contributed by atoms with Crippen LogP contribution in [0.2, 0.25) is 0 Å². The van der Waals surface area contributed by atoms with Gasteiger partial charge in [-0.2, -0.15) is 0 Å². The molecule has 6 nitrogen and oxygen atoms in total. The largest absolute Gasteiger partial charge is 0.454 e. The predicted octanol–water partition coefficient (Wildman–Crippen LogP) is 0.813. The Kier molecular flexibility index (Phi) is 4.62. The second-order valence-corrected chi connectivity index (χ2v) is 5.89. The lowest BCUT2D eigenvalue weighted by molar-refractivity contribution is 0.0946. The van der Waals surface area contributed by atoms with Crippen LogP contribution >= 0.6 is 15.9 Å². The molecule has 1 saturated heterocycles. The van der Waals surface area contributed by atoms with Gasteiger partial charge in [0.2, 0.25) is 6.79 Å². The first-order chi connectivity index (χ1) is 10.2. The predicted molar refractivity (Wildman–Crippen MR) is 81.9 cm³/mol. The Morgan fingerprint density at radius 2 is 2.14 bits per heavy atom. The summed E-state index contributed by atoms with van der Waals surface area (Å²) in [7, 11) is 0. The van der Waals surface area contributed by atoms with Crippen molar-refractivity contribution in [3.63, 3.8) is 0 Å². The highest BCUT2D eigenvalue weighted by Crippen LogP contribution is 2.39. The van der Waals surface area contributed by atoms with Crippen molar-refractivity contribution in [3.8, 4) is 11.5 Å². The number of nitrogens with zero attached hydrogens (tertiary/aromatic N) is 1. The summed E-state index contributed by atoms with van der Waals surface area (Å²) in [6.45, 7) is 5.81. The quantitative estimate of drug-likeness (QED) is 0.836. The maximum Gasteiger partial charge on any atom is 0.251 e. The smallest absolute Gasteiger partial charge is 0.251 e. The van der Waals surface area contributed by atoms with E-state index in [1.54, 1.807) is 12.1 Å². The molecule has 1 aromatic carbocycles. The maximum absolute atomic E-state index is 12.2. The summed E-state index contributed by atoms with van der Waals surface area (Å²) < 4.78 is 11.4. The van der Waals surface area contributed by atoms with Crippen molar-refractivity contribution in [1.29, 1.82) is 0 Å². The number of carbonyl (C=O) groups excluding carboxylic acids is 1. The van der Waals surface area contributed by atoms with Gasteiger partial charge in [0.25, 0.3) is 5.91 Å². The number of nitrogens with one attached hydrogen (secondary N) is 2. The molecule has 1 aromatic rings. The standard InChI is InChI=1S/C14H18BrN3O3/c15-11-7-10(8-12-13(11)21-9-20-12)14(19)17-3-6-18-4-1-16-2-5-18/h7-8,16H,1-6,9H2,(H,17,19). The summed E-state index contributed by atoms with van der Waals surface area (Å²) in [6.07, 6.45) is 0. The number of rotatable bonds is 4. The molecular formula is C14H18BrN3O3. The van der Waals surface area contributed by atoms with E-state index in [4.69, 9.17) is 9.47 Å². The number of carbonyl (C=O) groups is 1. The zero-order chi connectivity index (χ0) is 14.7. The topological polar surface area (TPSA) is 62.8 Å². The molecule has 0 aromatic heterocycles. The lowest BCUT2D eigenvalue weighted by atomic mass is 10.2. The second-order valence-electron chi connectivity index (χ2n) is 5.04. The van der Waals surface area contributed by atoms with Crippen LogP contribution in [-0.2, 0) is 0 Å². The van der Waals surface area contributed by atoms with Gasteiger partial charge in [-0.15, -0.1) is 0 Å². The molecule has 1 amide bonds. The highest BCUT2D eigenvalue weighted by atomic mass is 79.9. The normalized spacial score (nSPS) is 17.8. The molecule has 1 fully saturated rings. The van der Waals surface area contributed by atoms with Gasteiger partial charge in [0, 0.05) is 44.8 Å². The van der Waals surface area contributed by atoms with Gasteiger partial charge in [-0.3, -0.25) is 9.69 Å². The SMILES string of the molecule is O=C(NCCN1CCNCC1)c1cc(Br)c2c(c1)OCO2. The first-order valence-corrected chi connectivity index (χ1v) is 7.84. The van der Waals surface area contributed by atoms with Crippen LogP contribution in [0.5, 0.6) is 11.5 Å². The molecule has 0 atom stereocenters. The first kappa shape index (κ1) is 14.6. The Hall–Kier alpha value is -1.31. The molecule has 21 heavy (non-hydrogen) atoms. The summed E-state index contributed by atoms with van der Waals surface area (Å²) in [6, 6.07) is 3.47. The third-order valence-corrected chi connectivity index (χ3v) is 4.20. The van der Waals surface area contributed by atoms with Crippen molar-refractivity contribution in [3.05, 3.63) is 22.2 Å². The first-order valence-electron chi connectivity index (χ1n) is 7.04. The molecule has 3 rings (SSSR count). The molecule has 7 heteroatoms. The summed E-state index contributed by atoms with van der Waals surface area (Å²) in [5, 5.41) is 6.26. The fraction of sp³-hybridized carbons (Fsp3) is 0.500. The van der Waals surface area contributed by atoms with Gasteiger partial charge >= 0.3 is 0 Å². The molecule has 0 aliphatic carbocycles. The number of benzene rings is 1. The van der Waals surface area contributed by atoms with Crippen LogP contribution in [-0.4, -0.2) is 56.9 Å². The monoisotopic (exact) mass is 355 g/mol. The highest BCUT2D eigenvalue weighted by Gasteiger charge is 2.20. The molecule has 0 saturated carbocycles. The van der Waals surface area contributed by atoms with E-state index in [9.17, 15) is 4.79 Å². The van der Waals surface area contributed by atoms with Crippen molar-refractivity contribution in [1.82, 2.24) is 15.5 Å². The van der Waals surface area contributed by atoms with E-state index < -0.39 is 0 Å². The van der Waals surface area contributed by atoms with Crippen molar-refractivity contribution in [2.24, 2.45) is 0 Å². The molecule has 0 spiro atoms. The Balaban J connectivity index is 1.54. The second kappa shape index (κ2) is 6.64. The highest BCUT2D eigenvalue weighted by molar-refractivity contribution is 9.10. The van der Waals surface area contributed by atoms with Crippen molar-refractivity contribution in [2.45, 2.75) is 0 Å². The zero-order valence-corrected chi connectivity index (χ0v) is 13.2. The van der Waals surface area contributed by atoms with E-state index in [-0.39, 0.29) is 12.7 Å². The Morgan fingerprint density at radius 3 is 2.95 bits per heavy atom. The van der Waals surface area contributed by atoms with Gasteiger partial charge in [-0.1, -0.05) is 0 Å². The van der Waals surface area contributed by atoms with E-state index in [0.29, 0.717) is 23.6 Å². The van der Waals surface area contributed by atoms with Crippen LogP contribution < -0.4 is 20.1 Å². The number of piperazine rings is 1. The minimum Gasteiger partial charge on any atom is -0.454 e. The fourth-order valence-corrected chi connectivity index (χ4v) is 3.02. The van der Waals surface area contributed by atoms with Crippen LogP contribution in [0.1, 0.15) is 10.4 Å². The average Bonchev–Trinajstić information content (AvgIpc) is 2.97. The lowest BCUT2D eigenvalue weighted by Crippen LogP contribution is -2.46.